The Kier molecular flexibility index (Phi) is 7.08. The molecule has 4 N–H and O–H groups in total. The molecule has 0 aliphatic carbocycles. The first kappa shape index (κ1) is 22.2. The summed E-state index contributed by atoms with van der Waals surface area (Å²) in [6, 6.07) is 36.5. The minimum absolute atomic E-state index is 0.458. The molecule has 0 spiro atoms. The van der Waals surface area contributed by atoms with Gasteiger partial charge in [0, 0.05) is 17.1 Å². The van der Waals surface area contributed by atoms with E-state index in [4.69, 9.17) is 0 Å². The topological polar surface area (TPSA) is 82.3 Å². The molecule has 4 rings (SSSR count). The van der Waals surface area contributed by atoms with Gasteiger partial charge in [-0.05, 0) is 42.0 Å². The maximum atomic E-state index is 14.6. The average molecular weight is 456 g/mol. The van der Waals surface area contributed by atoms with Gasteiger partial charge in [0.15, 0.2) is 0 Å². The fraction of sp³-hybridized carbons (Fsp3) is 0.0385. The van der Waals surface area contributed by atoms with E-state index in [0.717, 1.165) is 0 Å². The van der Waals surface area contributed by atoms with E-state index in [-0.39, 0.29) is 0 Å². The van der Waals surface area contributed by atoms with Gasteiger partial charge in [-0.25, -0.2) is 4.79 Å². The minimum atomic E-state index is -3.53. The van der Waals surface area contributed by atoms with Gasteiger partial charge in [-0.15, -0.1) is 0 Å². The summed E-state index contributed by atoms with van der Waals surface area (Å²) in [7, 11) is -3.53. The first-order valence-electron chi connectivity index (χ1n) is 10.6. The highest BCUT2D eigenvalue weighted by molar-refractivity contribution is 7.67. The number of amides is 2. The van der Waals surface area contributed by atoms with Crippen LogP contribution < -0.4 is 20.8 Å². The van der Waals surface area contributed by atoms with Crippen LogP contribution >= 0.6 is 7.44 Å². The molecule has 0 radical (unpaired) electrons. The van der Waals surface area contributed by atoms with Crippen molar-refractivity contribution in [1.29, 1.82) is 0 Å². The molecule has 1 unspecified atom stereocenters. The molecule has 0 saturated heterocycles. The summed E-state index contributed by atoms with van der Waals surface area (Å²) in [5.74, 6) is -0.858. The molecule has 0 aliphatic heterocycles. The van der Waals surface area contributed by atoms with Gasteiger partial charge in [-0.1, -0.05) is 84.9 Å². The van der Waals surface area contributed by atoms with Crippen LogP contribution in [0.4, 0.5) is 21.9 Å². The van der Waals surface area contributed by atoms with Crippen LogP contribution in [-0.4, -0.2) is 6.03 Å². The van der Waals surface area contributed by atoms with Gasteiger partial charge >= 0.3 is 6.03 Å². The monoisotopic (exact) mass is 456 g/mol. The SMILES string of the molecule is O=C(Nc1ccccc1)NC(c1ccccc1)P(=O)(Nc1ccccc1)Nc1ccccc1. The fourth-order valence-electron chi connectivity index (χ4n) is 3.40. The second-order valence-corrected chi connectivity index (χ2v) is 9.67. The molecule has 4 aromatic carbocycles. The summed E-state index contributed by atoms with van der Waals surface area (Å²) in [5, 5.41) is 12.1. The molecule has 1 atom stereocenters. The van der Waals surface area contributed by atoms with Gasteiger partial charge in [-0.3, -0.25) is 4.57 Å². The van der Waals surface area contributed by atoms with Crippen molar-refractivity contribution in [2.45, 2.75) is 5.78 Å². The van der Waals surface area contributed by atoms with Crippen LogP contribution in [0, 0.1) is 0 Å². The Bertz CT molecular complexity index is 1160. The molecule has 0 aromatic heterocycles. The number of carbonyl (C=O) groups excluding carboxylic acids is 1. The number of benzene rings is 4. The second kappa shape index (κ2) is 10.5. The summed E-state index contributed by atoms with van der Waals surface area (Å²) >= 11 is 0. The Morgan fingerprint density at radius 3 is 1.42 bits per heavy atom. The van der Waals surface area contributed by atoms with Crippen LogP contribution in [0.25, 0.3) is 0 Å². The molecule has 0 bridgehead atoms. The number of para-hydroxylation sites is 3. The first-order valence-corrected chi connectivity index (χ1v) is 12.3. The predicted octanol–water partition coefficient (Wildman–Crippen LogP) is 6.92. The number of hydrogen-bond donors (Lipinski definition) is 4. The molecule has 0 saturated carbocycles. The van der Waals surface area contributed by atoms with E-state index < -0.39 is 19.3 Å². The van der Waals surface area contributed by atoms with E-state index >= 15 is 0 Å². The molecule has 2 amide bonds. The highest BCUT2D eigenvalue weighted by Crippen LogP contribution is 2.56. The van der Waals surface area contributed by atoms with Crippen molar-refractivity contribution in [2.75, 3.05) is 15.5 Å². The Hall–Kier alpha value is -4.02. The van der Waals surface area contributed by atoms with E-state index in [1.165, 1.54) is 0 Å². The van der Waals surface area contributed by atoms with Crippen molar-refractivity contribution in [2.24, 2.45) is 0 Å². The molecule has 0 heterocycles. The molecule has 4 aromatic rings. The van der Waals surface area contributed by atoms with E-state index in [9.17, 15) is 9.36 Å². The molecule has 0 fully saturated rings. The third-order valence-corrected chi connectivity index (χ3v) is 7.25. The van der Waals surface area contributed by atoms with Crippen molar-refractivity contribution in [3.8, 4) is 0 Å². The lowest BCUT2D eigenvalue weighted by atomic mass is 10.2. The Morgan fingerprint density at radius 2 is 0.970 bits per heavy atom. The smallest absolute Gasteiger partial charge is 0.320 e. The van der Waals surface area contributed by atoms with Crippen LogP contribution in [0.5, 0.6) is 0 Å². The predicted molar refractivity (Wildman–Crippen MR) is 136 cm³/mol. The first-order chi connectivity index (χ1) is 16.1. The lowest BCUT2D eigenvalue weighted by molar-refractivity contribution is 0.251. The molecule has 7 heteroatoms. The average Bonchev–Trinajstić information content (AvgIpc) is 2.85. The maximum absolute atomic E-state index is 14.6. The number of urea groups is 1. The van der Waals surface area contributed by atoms with E-state index in [2.05, 4.69) is 20.8 Å². The van der Waals surface area contributed by atoms with Gasteiger partial charge in [0.1, 0.15) is 5.78 Å². The van der Waals surface area contributed by atoms with Crippen molar-refractivity contribution in [3.63, 3.8) is 0 Å². The molecular formula is C26H25N4O2P. The molecule has 166 valence electrons. The van der Waals surface area contributed by atoms with Gasteiger partial charge < -0.3 is 20.8 Å². The van der Waals surface area contributed by atoms with Gasteiger partial charge in [0.25, 0.3) is 7.44 Å². The van der Waals surface area contributed by atoms with Crippen molar-refractivity contribution in [1.82, 2.24) is 5.32 Å². The van der Waals surface area contributed by atoms with Crippen LogP contribution in [0.15, 0.2) is 121 Å². The largest absolute Gasteiger partial charge is 0.321 e. The minimum Gasteiger partial charge on any atom is -0.321 e. The number of anilines is 3. The van der Waals surface area contributed by atoms with Gasteiger partial charge in [0.2, 0.25) is 0 Å². The highest BCUT2D eigenvalue weighted by Gasteiger charge is 2.36. The van der Waals surface area contributed by atoms with E-state index in [1.807, 2.05) is 109 Å². The van der Waals surface area contributed by atoms with Crippen LogP contribution in [0.2, 0.25) is 0 Å². The fourth-order valence-corrected chi connectivity index (χ4v) is 5.67. The Morgan fingerprint density at radius 1 is 0.576 bits per heavy atom. The van der Waals surface area contributed by atoms with E-state index in [0.29, 0.717) is 22.6 Å². The summed E-state index contributed by atoms with van der Waals surface area (Å²) in [4.78, 5) is 12.9. The lowest BCUT2D eigenvalue weighted by Crippen LogP contribution is -2.35. The summed E-state index contributed by atoms with van der Waals surface area (Å²) in [6.07, 6.45) is 0. The Balaban J connectivity index is 1.70. The van der Waals surface area contributed by atoms with Crippen LogP contribution in [0.3, 0.4) is 0 Å². The number of hydrogen-bond acceptors (Lipinski definition) is 2. The van der Waals surface area contributed by atoms with Crippen molar-refractivity contribution < 1.29 is 9.36 Å². The third kappa shape index (κ3) is 6.03. The summed E-state index contributed by atoms with van der Waals surface area (Å²) < 4.78 is 14.6. The summed E-state index contributed by atoms with van der Waals surface area (Å²) in [6.45, 7) is 0. The van der Waals surface area contributed by atoms with Crippen molar-refractivity contribution in [3.05, 3.63) is 127 Å². The lowest BCUT2D eigenvalue weighted by Gasteiger charge is -2.31. The van der Waals surface area contributed by atoms with Crippen molar-refractivity contribution >= 4 is 30.5 Å². The third-order valence-electron chi connectivity index (χ3n) is 4.92. The van der Waals surface area contributed by atoms with Crippen LogP contribution in [0.1, 0.15) is 11.3 Å². The Labute approximate surface area is 193 Å². The number of nitrogens with one attached hydrogen (secondary N) is 4. The number of carbonyl (C=O) groups is 1. The molecule has 6 nitrogen and oxygen atoms in total. The molecular weight excluding hydrogens is 431 g/mol. The van der Waals surface area contributed by atoms with E-state index in [1.54, 1.807) is 12.1 Å². The maximum Gasteiger partial charge on any atom is 0.320 e. The standard InChI is InChI=1S/C26H25N4O2P/c31-26(27-22-15-7-2-8-16-22)28-25(21-13-5-1-6-14-21)33(32,29-23-17-9-3-10-18-23)30-24-19-11-4-12-20-24/h1-20,25H,(H2,27,28,31)(H2,29,30,32). The normalized spacial score (nSPS) is 11.8. The second-order valence-electron chi connectivity index (χ2n) is 7.39. The number of rotatable bonds is 8. The quantitative estimate of drug-likeness (QED) is 0.217. The molecule has 0 aliphatic rings. The molecule has 33 heavy (non-hydrogen) atoms. The zero-order valence-electron chi connectivity index (χ0n) is 17.9. The van der Waals surface area contributed by atoms with Gasteiger partial charge in [0.05, 0.1) is 0 Å². The zero-order chi connectivity index (χ0) is 22.9. The highest BCUT2D eigenvalue weighted by atomic mass is 31.2. The van der Waals surface area contributed by atoms with Gasteiger partial charge in [-0.2, -0.15) is 0 Å². The van der Waals surface area contributed by atoms with Crippen LogP contribution in [-0.2, 0) is 4.57 Å². The zero-order valence-corrected chi connectivity index (χ0v) is 18.8. The summed E-state index contributed by atoms with van der Waals surface area (Å²) in [5.41, 5.74) is 2.70.